The number of nitrogens with one attached hydrogen (secondary N) is 5. The van der Waals surface area contributed by atoms with E-state index < -0.39 is 0 Å². The van der Waals surface area contributed by atoms with Gasteiger partial charge >= 0.3 is 0 Å². The highest BCUT2D eigenvalue weighted by Gasteiger charge is 2.26. The van der Waals surface area contributed by atoms with Crippen LogP contribution in [0.5, 0.6) is 0 Å². The van der Waals surface area contributed by atoms with E-state index in [0.717, 1.165) is 99.1 Å². The van der Waals surface area contributed by atoms with Crippen LogP contribution in [0.3, 0.4) is 0 Å². The summed E-state index contributed by atoms with van der Waals surface area (Å²) in [6, 6.07) is 25.6. The maximum atomic E-state index is 12.0. The molecule has 6 heterocycles. The standard InChI is InChI=1S/C26H29N7O.C24H27N7/c1-15-7-6-8-16(2)23(15)29-24-22-14-27-26(30-25(22)32(5)31-24)28-20-10-9-19-11-12-33(18(4)34)17(3)21(19)13-20;1-14-6-5-7-15(2)21(14)28-22-20-13-26-24(29-23(20)31(4)30-22)27-18-9-8-17-10-11-25-16(3)19(17)12-18/h6-10,13-14,17H,11-12H2,1-5H3,(H,29,31)(H,27,28,30);5-9,12-13,16,25H,10-11H2,1-4H3,(H,28,30)(H,26,27,29). The summed E-state index contributed by atoms with van der Waals surface area (Å²) in [4.78, 5) is 32.5. The van der Waals surface area contributed by atoms with Gasteiger partial charge in [-0.25, -0.2) is 19.3 Å². The van der Waals surface area contributed by atoms with Crippen molar-refractivity contribution in [3.63, 3.8) is 0 Å². The molecule has 1 amide bonds. The third-order valence-electron chi connectivity index (χ3n) is 12.7. The predicted octanol–water partition coefficient (Wildman–Crippen LogP) is 9.61. The van der Waals surface area contributed by atoms with Crippen LogP contribution in [-0.4, -0.2) is 63.4 Å². The van der Waals surface area contributed by atoms with Gasteiger partial charge in [0.15, 0.2) is 22.9 Å². The fourth-order valence-corrected chi connectivity index (χ4v) is 9.06. The smallest absolute Gasteiger partial charge is 0.229 e. The first kappa shape index (κ1) is 42.9. The van der Waals surface area contributed by atoms with E-state index in [2.05, 4.69) is 149 Å². The van der Waals surface area contributed by atoms with Gasteiger partial charge in [-0.2, -0.15) is 20.2 Å². The van der Waals surface area contributed by atoms with Crippen LogP contribution in [0.25, 0.3) is 22.1 Å². The zero-order valence-corrected chi connectivity index (χ0v) is 38.5. The topological polar surface area (TPSA) is 168 Å². The van der Waals surface area contributed by atoms with Crippen molar-refractivity contribution in [3.05, 3.63) is 130 Å². The van der Waals surface area contributed by atoms with Crippen molar-refractivity contribution in [1.29, 1.82) is 0 Å². The molecule has 10 rings (SSSR count). The number of hydrogen-bond donors (Lipinski definition) is 5. The first-order valence-electron chi connectivity index (χ1n) is 22.2. The van der Waals surface area contributed by atoms with Crippen LogP contribution >= 0.6 is 0 Å². The van der Waals surface area contributed by atoms with Crippen LogP contribution in [0.1, 0.15) is 77.4 Å². The molecule has 0 saturated carbocycles. The second-order valence-electron chi connectivity index (χ2n) is 17.2. The molecule has 15 heteroatoms. The molecule has 0 fully saturated rings. The van der Waals surface area contributed by atoms with Crippen LogP contribution in [0.15, 0.2) is 85.2 Å². The molecule has 65 heavy (non-hydrogen) atoms. The fourth-order valence-electron chi connectivity index (χ4n) is 9.06. The zero-order chi connectivity index (χ0) is 45.5. The van der Waals surface area contributed by atoms with Crippen LogP contribution in [0.4, 0.5) is 46.3 Å². The third kappa shape index (κ3) is 8.66. The van der Waals surface area contributed by atoms with Gasteiger partial charge in [-0.1, -0.05) is 48.5 Å². The lowest BCUT2D eigenvalue weighted by Gasteiger charge is -2.34. The summed E-state index contributed by atoms with van der Waals surface area (Å²) in [6.45, 7) is 16.0. The number of anilines is 8. The van der Waals surface area contributed by atoms with Gasteiger partial charge in [-0.15, -0.1) is 0 Å². The molecular formula is C50H56N14O. The molecule has 2 atom stereocenters. The van der Waals surface area contributed by atoms with Crippen molar-refractivity contribution >= 4 is 74.3 Å². The van der Waals surface area contributed by atoms with E-state index in [1.165, 1.54) is 27.8 Å². The van der Waals surface area contributed by atoms with Crippen molar-refractivity contribution < 1.29 is 4.79 Å². The van der Waals surface area contributed by atoms with E-state index in [-0.39, 0.29) is 11.9 Å². The molecular weight excluding hydrogens is 813 g/mol. The number of hydrogen-bond acceptors (Lipinski definition) is 12. The minimum atomic E-state index is 0.0435. The molecule has 0 saturated heterocycles. The zero-order valence-electron chi connectivity index (χ0n) is 38.5. The molecule has 0 spiro atoms. The number of carbonyl (C=O) groups excluding carboxylic acids is 1. The van der Waals surface area contributed by atoms with E-state index in [1.54, 1.807) is 22.5 Å². The monoisotopic (exact) mass is 868 g/mol. The van der Waals surface area contributed by atoms with Gasteiger partial charge in [0.05, 0.1) is 16.8 Å². The Morgan fingerprint density at radius 2 is 1.12 bits per heavy atom. The Morgan fingerprint density at radius 1 is 0.646 bits per heavy atom. The number of aryl methyl sites for hydroxylation is 6. The van der Waals surface area contributed by atoms with E-state index >= 15 is 0 Å². The third-order valence-corrected chi connectivity index (χ3v) is 12.7. The van der Waals surface area contributed by atoms with Crippen LogP contribution < -0.4 is 26.6 Å². The summed E-state index contributed by atoms with van der Waals surface area (Å²) in [5.74, 6) is 2.65. The van der Waals surface area contributed by atoms with E-state index in [4.69, 9.17) is 9.97 Å². The average Bonchev–Trinajstić information content (AvgIpc) is 3.77. The Hall–Kier alpha value is -7.39. The predicted molar refractivity (Wildman–Crippen MR) is 260 cm³/mol. The molecule has 4 aromatic heterocycles. The number of carbonyl (C=O) groups is 1. The molecule has 2 unspecified atom stereocenters. The molecule has 332 valence electrons. The average molecular weight is 869 g/mol. The van der Waals surface area contributed by atoms with E-state index in [1.807, 2.05) is 37.3 Å². The van der Waals surface area contributed by atoms with Gasteiger partial charge in [-0.05, 0) is 130 Å². The second-order valence-corrected chi connectivity index (χ2v) is 17.2. The number of benzene rings is 4. The normalized spacial score (nSPS) is 15.5. The van der Waals surface area contributed by atoms with Crippen LogP contribution in [0, 0.1) is 27.7 Å². The second kappa shape index (κ2) is 17.6. The van der Waals surface area contributed by atoms with Crippen molar-refractivity contribution in [1.82, 2.24) is 49.7 Å². The molecule has 8 aromatic rings. The maximum Gasteiger partial charge on any atom is 0.229 e. The van der Waals surface area contributed by atoms with E-state index in [9.17, 15) is 4.79 Å². The Labute approximate surface area is 379 Å². The van der Waals surface area contributed by atoms with Gasteiger partial charge in [0.2, 0.25) is 17.8 Å². The van der Waals surface area contributed by atoms with Crippen molar-refractivity contribution in [2.75, 3.05) is 34.4 Å². The maximum absolute atomic E-state index is 12.0. The molecule has 5 N–H and O–H groups in total. The molecule has 0 aliphatic carbocycles. The lowest BCUT2D eigenvalue weighted by atomic mass is 9.93. The summed E-state index contributed by atoms with van der Waals surface area (Å²) in [7, 11) is 3.78. The number of fused-ring (bicyclic) bond motifs is 4. The highest BCUT2D eigenvalue weighted by atomic mass is 16.2. The van der Waals surface area contributed by atoms with Crippen molar-refractivity contribution in [2.45, 2.75) is 73.4 Å². The Kier molecular flexibility index (Phi) is 11.6. The fraction of sp³-hybridized carbons (Fsp3) is 0.300. The van der Waals surface area contributed by atoms with Crippen LogP contribution in [0.2, 0.25) is 0 Å². The summed E-state index contributed by atoms with van der Waals surface area (Å²) in [6.07, 6.45) is 5.56. The van der Waals surface area contributed by atoms with Gasteiger partial charge < -0.3 is 31.5 Å². The molecule has 4 aromatic carbocycles. The number of aromatic nitrogens is 8. The Balaban J connectivity index is 0.000000165. The number of nitrogens with zero attached hydrogens (tertiary/aromatic N) is 9. The van der Waals surface area contributed by atoms with Crippen molar-refractivity contribution in [3.8, 4) is 0 Å². The summed E-state index contributed by atoms with van der Waals surface area (Å²) in [5, 5.41) is 28.2. The minimum absolute atomic E-state index is 0.0435. The molecule has 15 nitrogen and oxygen atoms in total. The SMILES string of the molecule is CC(=O)N1CCc2ccc(Nc3ncc4c(Nc5c(C)cccc5C)nn(C)c4n3)cc2C1C.Cc1cccc(C)c1Nc1nn(C)c2nc(Nc3ccc4c(c3)C(C)NCC4)ncc12. The van der Waals surface area contributed by atoms with Gasteiger partial charge in [-0.3, -0.25) is 4.79 Å². The summed E-state index contributed by atoms with van der Waals surface area (Å²) < 4.78 is 3.55. The molecule has 2 aliphatic rings. The molecule has 0 radical (unpaired) electrons. The van der Waals surface area contributed by atoms with Gasteiger partial charge in [0, 0.05) is 68.7 Å². The Bertz CT molecular complexity index is 3060. The summed E-state index contributed by atoms with van der Waals surface area (Å²) in [5.41, 5.74) is 15.4. The van der Waals surface area contributed by atoms with Gasteiger partial charge in [0.1, 0.15) is 0 Å². The molecule has 2 aliphatic heterocycles. The van der Waals surface area contributed by atoms with Crippen molar-refractivity contribution in [2.24, 2.45) is 14.1 Å². The van der Waals surface area contributed by atoms with Gasteiger partial charge in [0.25, 0.3) is 0 Å². The lowest BCUT2D eigenvalue weighted by Crippen LogP contribution is -2.37. The first-order chi connectivity index (χ1) is 31.3. The van der Waals surface area contributed by atoms with Crippen LogP contribution in [-0.2, 0) is 31.7 Å². The lowest BCUT2D eigenvalue weighted by molar-refractivity contribution is -0.131. The Morgan fingerprint density at radius 3 is 1.62 bits per heavy atom. The minimum Gasteiger partial charge on any atom is -0.338 e. The number of amides is 1. The highest BCUT2D eigenvalue weighted by molar-refractivity contribution is 5.91. The first-order valence-corrected chi connectivity index (χ1v) is 22.2. The number of rotatable bonds is 8. The number of para-hydroxylation sites is 2. The summed E-state index contributed by atoms with van der Waals surface area (Å²) >= 11 is 0. The molecule has 0 bridgehead atoms. The quantitative estimate of drug-likeness (QED) is 0.0983. The largest absolute Gasteiger partial charge is 0.338 e. The van der Waals surface area contributed by atoms with E-state index in [0.29, 0.717) is 17.9 Å². The highest BCUT2D eigenvalue weighted by Crippen LogP contribution is 2.34.